The molecule has 0 heterocycles. The molecule has 0 spiro atoms. The van der Waals surface area contributed by atoms with Gasteiger partial charge in [-0.2, -0.15) is 4.99 Å². The molecule has 0 radical (unpaired) electrons. The number of aliphatic imine (C=N–C) groups is 1. The van der Waals surface area contributed by atoms with Crippen LogP contribution in [0, 0.1) is 0 Å². The van der Waals surface area contributed by atoms with Crippen molar-refractivity contribution >= 4 is 12.0 Å². The van der Waals surface area contributed by atoms with Crippen molar-refractivity contribution in [1.29, 1.82) is 0 Å². The Bertz CT molecular complexity index is 171. The minimum absolute atomic E-state index is 0.700. The van der Waals surface area contributed by atoms with Gasteiger partial charge in [0, 0.05) is 0 Å². The first-order valence-electron chi connectivity index (χ1n) is 2.17. The van der Waals surface area contributed by atoms with Gasteiger partial charge < -0.3 is 5.11 Å². The summed E-state index contributed by atoms with van der Waals surface area (Å²) in [5.41, 5.74) is 0. The van der Waals surface area contributed by atoms with Crippen molar-refractivity contribution in [1.82, 2.24) is 0 Å². The van der Waals surface area contributed by atoms with E-state index in [1.165, 1.54) is 0 Å². The number of carboxylic acids is 1. The van der Waals surface area contributed by atoms with Gasteiger partial charge in [0.15, 0.2) is 0 Å². The Balaban J connectivity index is 4.06. The average molecular weight is 151 g/mol. The monoisotopic (exact) mass is 151 g/mol. The number of nitrogens with zero attached hydrogens (tertiary/aromatic N) is 1. The summed E-state index contributed by atoms with van der Waals surface area (Å²) in [5, 5.41) is 7.77. The van der Waals surface area contributed by atoms with Crippen LogP contribution < -0.4 is 0 Å². The minimum Gasteiger partial charge on any atom is -0.479 e. The number of carboxylic acid groups (broad SMARTS) is 1. The molecule has 0 amide bonds. The molecule has 56 valence electrons. The molecule has 0 aromatic heterocycles. The van der Waals surface area contributed by atoms with Gasteiger partial charge in [0.1, 0.15) is 0 Å². The standard InChI is InChI=1S/C4H3F2NO3/c5-2(4(9)10)3(6)7-1-8/h2-3H,(H,9,10). The minimum atomic E-state index is -2.79. The summed E-state index contributed by atoms with van der Waals surface area (Å²) in [6, 6.07) is 0. The van der Waals surface area contributed by atoms with Crippen LogP contribution in [0.4, 0.5) is 8.78 Å². The second-order valence-corrected chi connectivity index (χ2v) is 1.33. The molecule has 10 heavy (non-hydrogen) atoms. The van der Waals surface area contributed by atoms with Crippen molar-refractivity contribution < 1.29 is 23.5 Å². The molecule has 1 N–H and O–H groups in total. The first kappa shape index (κ1) is 8.71. The zero-order valence-electron chi connectivity index (χ0n) is 4.62. The molecule has 0 bridgehead atoms. The fourth-order valence-electron chi connectivity index (χ4n) is 0.233. The van der Waals surface area contributed by atoms with Crippen LogP contribution in [0.5, 0.6) is 0 Å². The molecule has 0 aliphatic rings. The summed E-state index contributed by atoms with van der Waals surface area (Å²) in [6.45, 7) is 0. The highest BCUT2D eigenvalue weighted by Gasteiger charge is 2.26. The largest absolute Gasteiger partial charge is 0.479 e. The van der Waals surface area contributed by atoms with Gasteiger partial charge in [-0.25, -0.2) is 18.4 Å². The quantitative estimate of drug-likeness (QED) is 0.351. The summed E-state index contributed by atoms with van der Waals surface area (Å²) in [5.74, 6) is -1.99. The van der Waals surface area contributed by atoms with Gasteiger partial charge in [-0.1, -0.05) is 0 Å². The Hall–Kier alpha value is -1.29. The van der Waals surface area contributed by atoms with E-state index in [1.54, 1.807) is 0 Å². The fourth-order valence-corrected chi connectivity index (χ4v) is 0.233. The van der Waals surface area contributed by atoms with E-state index in [1.807, 2.05) is 0 Å². The molecule has 6 heteroatoms. The number of rotatable bonds is 3. The van der Waals surface area contributed by atoms with Crippen molar-refractivity contribution in [2.75, 3.05) is 0 Å². The molecule has 0 saturated carbocycles. The molecular weight excluding hydrogens is 148 g/mol. The molecule has 2 atom stereocenters. The molecular formula is C4H3F2NO3. The van der Waals surface area contributed by atoms with Crippen molar-refractivity contribution in [2.45, 2.75) is 12.5 Å². The lowest BCUT2D eigenvalue weighted by Crippen LogP contribution is -2.24. The van der Waals surface area contributed by atoms with Gasteiger partial charge in [0.2, 0.25) is 18.5 Å². The molecule has 4 nitrogen and oxygen atoms in total. The van der Waals surface area contributed by atoms with E-state index in [4.69, 9.17) is 5.11 Å². The maximum atomic E-state index is 11.9. The summed E-state index contributed by atoms with van der Waals surface area (Å²) < 4.78 is 23.7. The number of halogens is 2. The predicted octanol–water partition coefficient (Wildman–Crippen LogP) is 0.0405. The first-order valence-corrected chi connectivity index (χ1v) is 2.17. The van der Waals surface area contributed by atoms with Crippen LogP contribution in [0.2, 0.25) is 0 Å². The third kappa shape index (κ3) is 2.32. The smallest absolute Gasteiger partial charge is 0.343 e. The van der Waals surface area contributed by atoms with E-state index >= 15 is 0 Å². The third-order valence-electron chi connectivity index (χ3n) is 0.653. The van der Waals surface area contributed by atoms with Crippen LogP contribution in [0.1, 0.15) is 0 Å². The van der Waals surface area contributed by atoms with Crippen molar-refractivity contribution in [3.63, 3.8) is 0 Å². The molecule has 0 saturated heterocycles. The zero-order valence-corrected chi connectivity index (χ0v) is 4.62. The Labute approximate surface area is 54.2 Å². The number of alkyl halides is 2. The highest BCUT2D eigenvalue weighted by atomic mass is 19.2. The first-order chi connectivity index (χ1) is 4.59. The van der Waals surface area contributed by atoms with Crippen LogP contribution in [0.3, 0.4) is 0 Å². The van der Waals surface area contributed by atoms with Crippen LogP contribution >= 0.6 is 0 Å². The summed E-state index contributed by atoms with van der Waals surface area (Å²) in [4.78, 5) is 21.1. The molecule has 0 aliphatic heterocycles. The molecule has 0 fully saturated rings. The Morgan fingerprint density at radius 1 is 1.60 bits per heavy atom. The van der Waals surface area contributed by atoms with E-state index in [9.17, 15) is 18.4 Å². The van der Waals surface area contributed by atoms with Crippen molar-refractivity contribution in [3.05, 3.63) is 0 Å². The molecule has 0 aromatic carbocycles. The van der Waals surface area contributed by atoms with Crippen molar-refractivity contribution in [3.8, 4) is 0 Å². The lowest BCUT2D eigenvalue weighted by Gasteiger charge is -1.99. The fraction of sp³-hybridized carbons (Fsp3) is 0.500. The maximum Gasteiger partial charge on any atom is 0.343 e. The van der Waals surface area contributed by atoms with E-state index < -0.39 is 18.4 Å². The summed E-state index contributed by atoms with van der Waals surface area (Å²) >= 11 is 0. The SMILES string of the molecule is O=C=NC(F)C(F)C(=O)O. The molecule has 2 unspecified atom stereocenters. The van der Waals surface area contributed by atoms with Crippen LogP contribution in [-0.2, 0) is 9.59 Å². The number of hydrogen-bond acceptors (Lipinski definition) is 3. The van der Waals surface area contributed by atoms with Gasteiger partial charge in [-0.3, -0.25) is 0 Å². The number of isocyanates is 1. The van der Waals surface area contributed by atoms with Gasteiger partial charge in [-0.05, 0) is 0 Å². The molecule has 0 aromatic rings. The number of carbonyl (C=O) groups excluding carboxylic acids is 1. The number of carbonyl (C=O) groups is 1. The summed E-state index contributed by atoms with van der Waals surface area (Å²) in [6.07, 6.45) is -4.75. The predicted molar refractivity (Wildman–Crippen MR) is 25.5 cm³/mol. The lowest BCUT2D eigenvalue weighted by atomic mass is 10.4. The van der Waals surface area contributed by atoms with E-state index in [-0.39, 0.29) is 0 Å². The second kappa shape index (κ2) is 3.68. The van der Waals surface area contributed by atoms with Crippen molar-refractivity contribution in [2.24, 2.45) is 4.99 Å². The molecule has 0 rings (SSSR count). The highest BCUT2D eigenvalue weighted by Crippen LogP contribution is 2.03. The zero-order chi connectivity index (χ0) is 8.15. The van der Waals surface area contributed by atoms with Crippen LogP contribution in [0.15, 0.2) is 4.99 Å². The molecule has 0 aliphatic carbocycles. The van der Waals surface area contributed by atoms with E-state index in [2.05, 4.69) is 4.99 Å². The Kier molecular flexibility index (Phi) is 3.21. The number of aliphatic carboxylic acids is 1. The van der Waals surface area contributed by atoms with Crippen LogP contribution in [0.25, 0.3) is 0 Å². The summed E-state index contributed by atoms with van der Waals surface area (Å²) in [7, 11) is 0. The highest BCUT2D eigenvalue weighted by molar-refractivity contribution is 5.72. The van der Waals surface area contributed by atoms with Gasteiger partial charge >= 0.3 is 5.97 Å². The lowest BCUT2D eigenvalue weighted by molar-refractivity contribution is -0.145. The van der Waals surface area contributed by atoms with Gasteiger partial charge in [0.05, 0.1) is 0 Å². The van der Waals surface area contributed by atoms with E-state index in [0.29, 0.717) is 6.08 Å². The number of hydrogen-bond donors (Lipinski definition) is 1. The Morgan fingerprint density at radius 3 is 2.40 bits per heavy atom. The third-order valence-corrected chi connectivity index (χ3v) is 0.653. The van der Waals surface area contributed by atoms with Gasteiger partial charge in [-0.15, -0.1) is 0 Å². The van der Waals surface area contributed by atoms with Crippen LogP contribution in [-0.4, -0.2) is 29.6 Å². The average Bonchev–Trinajstić information content (AvgIpc) is 1.87. The topological polar surface area (TPSA) is 66.7 Å². The Morgan fingerprint density at radius 2 is 2.10 bits per heavy atom. The second-order valence-electron chi connectivity index (χ2n) is 1.33. The van der Waals surface area contributed by atoms with E-state index in [0.717, 1.165) is 0 Å². The van der Waals surface area contributed by atoms with Gasteiger partial charge in [0.25, 0.3) is 0 Å². The normalized spacial score (nSPS) is 15.0. The maximum absolute atomic E-state index is 11.9.